The van der Waals surface area contributed by atoms with Crippen LogP contribution >= 0.6 is 0 Å². The lowest BCUT2D eigenvalue weighted by molar-refractivity contribution is -0.122. The first-order valence-corrected chi connectivity index (χ1v) is 12.7. The molecule has 1 aromatic heterocycles. The van der Waals surface area contributed by atoms with Crippen LogP contribution in [0.5, 0.6) is 0 Å². The van der Waals surface area contributed by atoms with Crippen LogP contribution in [-0.2, 0) is 31.2 Å². The number of fused-ring (bicyclic) bond motifs is 1. The van der Waals surface area contributed by atoms with E-state index in [4.69, 9.17) is 0 Å². The molecule has 0 spiro atoms. The summed E-state index contributed by atoms with van der Waals surface area (Å²) in [7, 11) is 3.33. The highest BCUT2D eigenvalue weighted by Gasteiger charge is 2.19. The first kappa shape index (κ1) is 27.0. The number of benzene rings is 3. The number of nitrogens with zero attached hydrogens (tertiary/aromatic N) is 3. The Morgan fingerprint density at radius 1 is 0.895 bits per heavy atom. The summed E-state index contributed by atoms with van der Waals surface area (Å²) in [4.78, 5) is 40.3. The molecule has 0 bridgehead atoms. The SMILES string of the molecule is CN(CC(=O)NC(Cc1ccccc1)Cc1ccccc1)CC(O)Cn1c(=O)c2ccccc2n(C)c1=O. The molecular formula is C30H34N4O4. The number of para-hydroxylation sites is 1. The number of aromatic nitrogens is 2. The summed E-state index contributed by atoms with van der Waals surface area (Å²) in [6.07, 6.45) is 0.382. The molecular weight excluding hydrogens is 480 g/mol. The Morgan fingerprint density at radius 3 is 2.05 bits per heavy atom. The molecule has 1 amide bonds. The maximum Gasteiger partial charge on any atom is 0.331 e. The quantitative estimate of drug-likeness (QED) is 0.319. The summed E-state index contributed by atoms with van der Waals surface area (Å²) in [5.41, 5.74) is 1.90. The second kappa shape index (κ2) is 12.5. The van der Waals surface area contributed by atoms with E-state index in [1.807, 2.05) is 60.7 Å². The van der Waals surface area contributed by atoms with E-state index in [1.54, 1.807) is 43.3 Å². The maximum absolute atomic E-state index is 12.9. The van der Waals surface area contributed by atoms with E-state index in [2.05, 4.69) is 5.32 Å². The van der Waals surface area contributed by atoms with E-state index in [0.29, 0.717) is 23.7 Å². The number of rotatable bonds is 11. The molecule has 2 N–H and O–H groups in total. The van der Waals surface area contributed by atoms with Crippen molar-refractivity contribution in [2.45, 2.75) is 31.5 Å². The second-order valence-corrected chi connectivity index (χ2v) is 9.77. The van der Waals surface area contributed by atoms with Crippen LogP contribution in [-0.4, -0.2) is 57.3 Å². The smallest absolute Gasteiger partial charge is 0.331 e. The van der Waals surface area contributed by atoms with Crippen molar-refractivity contribution in [2.24, 2.45) is 7.05 Å². The van der Waals surface area contributed by atoms with Crippen LogP contribution in [0.1, 0.15) is 11.1 Å². The number of amides is 1. The minimum Gasteiger partial charge on any atom is -0.390 e. The largest absolute Gasteiger partial charge is 0.390 e. The molecule has 0 fully saturated rings. The van der Waals surface area contributed by atoms with Gasteiger partial charge < -0.3 is 10.4 Å². The zero-order valence-corrected chi connectivity index (χ0v) is 21.8. The van der Waals surface area contributed by atoms with Gasteiger partial charge in [-0.2, -0.15) is 0 Å². The highest BCUT2D eigenvalue weighted by atomic mass is 16.3. The van der Waals surface area contributed by atoms with Crippen molar-refractivity contribution < 1.29 is 9.90 Å². The Labute approximate surface area is 221 Å². The number of hydrogen-bond acceptors (Lipinski definition) is 5. The Kier molecular flexibility index (Phi) is 8.89. The van der Waals surface area contributed by atoms with Gasteiger partial charge in [0.1, 0.15) is 0 Å². The molecule has 0 aliphatic carbocycles. The molecule has 38 heavy (non-hydrogen) atoms. The predicted molar refractivity (Wildman–Crippen MR) is 149 cm³/mol. The van der Waals surface area contributed by atoms with Gasteiger partial charge in [-0.25, -0.2) is 4.79 Å². The molecule has 1 atom stereocenters. The molecule has 0 aliphatic heterocycles. The standard InChI is InChI=1S/C30H34N4O4/c1-32(19-25(35)20-34-29(37)26-15-9-10-16-27(26)33(2)30(34)38)21-28(36)31-24(17-22-11-5-3-6-12-22)18-23-13-7-4-8-14-23/h3-16,24-25,35H,17-21H2,1-2H3,(H,31,36). The lowest BCUT2D eigenvalue weighted by Crippen LogP contribution is -2.46. The van der Waals surface area contributed by atoms with Crippen molar-refractivity contribution in [2.75, 3.05) is 20.1 Å². The molecule has 1 unspecified atom stereocenters. The van der Waals surface area contributed by atoms with Gasteiger partial charge in [-0.05, 0) is 43.1 Å². The minimum atomic E-state index is -1.01. The van der Waals surface area contributed by atoms with Crippen molar-refractivity contribution in [3.63, 3.8) is 0 Å². The van der Waals surface area contributed by atoms with E-state index in [0.717, 1.165) is 15.7 Å². The van der Waals surface area contributed by atoms with Crippen LogP contribution in [0.4, 0.5) is 0 Å². The van der Waals surface area contributed by atoms with Gasteiger partial charge in [0.2, 0.25) is 5.91 Å². The maximum atomic E-state index is 12.9. The summed E-state index contributed by atoms with van der Waals surface area (Å²) in [6, 6.07) is 26.9. The Bertz CT molecular complexity index is 1440. The van der Waals surface area contributed by atoms with Gasteiger partial charge in [0, 0.05) is 19.6 Å². The van der Waals surface area contributed by atoms with Crippen LogP contribution in [0, 0.1) is 0 Å². The van der Waals surface area contributed by atoms with E-state index >= 15 is 0 Å². The molecule has 3 aromatic carbocycles. The zero-order valence-electron chi connectivity index (χ0n) is 21.8. The Morgan fingerprint density at radius 2 is 1.45 bits per heavy atom. The Hall–Kier alpha value is -4.01. The number of aliphatic hydroxyl groups excluding tert-OH is 1. The topological polar surface area (TPSA) is 96.6 Å². The van der Waals surface area contributed by atoms with Crippen LogP contribution in [0.3, 0.4) is 0 Å². The van der Waals surface area contributed by atoms with Crippen LogP contribution < -0.4 is 16.6 Å². The Balaban J connectivity index is 1.38. The third-order valence-corrected chi connectivity index (χ3v) is 6.60. The van der Waals surface area contributed by atoms with Gasteiger partial charge in [-0.15, -0.1) is 0 Å². The van der Waals surface area contributed by atoms with Crippen LogP contribution in [0.2, 0.25) is 0 Å². The average molecular weight is 515 g/mol. The molecule has 1 heterocycles. The third kappa shape index (κ3) is 6.85. The van der Waals surface area contributed by atoms with Crippen molar-refractivity contribution >= 4 is 16.8 Å². The van der Waals surface area contributed by atoms with Crippen molar-refractivity contribution in [1.29, 1.82) is 0 Å². The van der Waals surface area contributed by atoms with Crippen molar-refractivity contribution in [1.82, 2.24) is 19.4 Å². The zero-order chi connectivity index (χ0) is 27.1. The fourth-order valence-electron chi connectivity index (χ4n) is 4.81. The molecule has 8 heteroatoms. The molecule has 0 saturated carbocycles. The number of carbonyl (C=O) groups excluding carboxylic acids is 1. The van der Waals surface area contributed by atoms with Crippen LogP contribution in [0.15, 0.2) is 94.5 Å². The lowest BCUT2D eigenvalue weighted by Gasteiger charge is -2.23. The third-order valence-electron chi connectivity index (χ3n) is 6.60. The van der Waals surface area contributed by atoms with Gasteiger partial charge in [-0.1, -0.05) is 72.8 Å². The van der Waals surface area contributed by atoms with Crippen molar-refractivity contribution in [3.8, 4) is 0 Å². The highest BCUT2D eigenvalue weighted by molar-refractivity contribution is 5.78. The normalized spacial score (nSPS) is 12.2. The molecule has 0 saturated heterocycles. The van der Waals surface area contributed by atoms with E-state index < -0.39 is 17.4 Å². The van der Waals surface area contributed by atoms with Crippen molar-refractivity contribution in [3.05, 3.63) is 117 Å². The summed E-state index contributed by atoms with van der Waals surface area (Å²) < 4.78 is 2.46. The van der Waals surface area contributed by atoms with Gasteiger partial charge in [0.15, 0.2) is 0 Å². The van der Waals surface area contributed by atoms with Gasteiger partial charge >= 0.3 is 5.69 Å². The highest BCUT2D eigenvalue weighted by Crippen LogP contribution is 2.10. The number of aliphatic hydroxyl groups is 1. The summed E-state index contributed by atoms with van der Waals surface area (Å²) in [5.74, 6) is -0.157. The first-order valence-electron chi connectivity index (χ1n) is 12.7. The van der Waals surface area contributed by atoms with Gasteiger partial charge in [0.25, 0.3) is 5.56 Å². The van der Waals surface area contributed by atoms with E-state index in [9.17, 15) is 19.5 Å². The fourth-order valence-corrected chi connectivity index (χ4v) is 4.81. The monoisotopic (exact) mass is 514 g/mol. The molecule has 0 radical (unpaired) electrons. The fraction of sp³-hybridized carbons (Fsp3) is 0.300. The van der Waals surface area contributed by atoms with Gasteiger partial charge in [0.05, 0.1) is 30.1 Å². The summed E-state index contributed by atoms with van der Waals surface area (Å²) in [5, 5.41) is 14.2. The van der Waals surface area contributed by atoms with E-state index in [-0.39, 0.29) is 31.6 Å². The molecule has 8 nitrogen and oxygen atoms in total. The molecule has 4 rings (SSSR count). The number of likely N-dealkylation sites (N-methyl/N-ethyl adjacent to an activating group) is 1. The second-order valence-electron chi connectivity index (χ2n) is 9.77. The summed E-state index contributed by atoms with van der Waals surface area (Å²) in [6.45, 7) is 0.0343. The lowest BCUT2D eigenvalue weighted by atomic mass is 9.99. The average Bonchev–Trinajstić information content (AvgIpc) is 2.90. The number of carbonyl (C=O) groups is 1. The van der Waals surface area contributed by atoms with Gasteiger partial charge in [-0.3, -0.25) is 23.6 Å². The number of hydrogen-bond donors (Lipinski definition) is 2. The van der Waals surface area contributed by atoms with E-state index in [1.165, 1.54) is 4.57 Å². The molecule has 4 aromatic rings. The predicted octanol–water partition coefficient (Wildman–Crippen LogP) is 1.96. The molecule has 0 aliphatic rings. The number of aryl methyl sites for hydroxylation is 1. The first-order chi connectivity index (χ1) is 18.3. The minimum absolute atomic E-state index is 0.0712. The van der Waals surface area contributed by atoms with Crippen LogP contribution in [0.25, 0.3) is 10.9 Å². The molecule has 198 valence electrons. The number of nitrogens with one attached hydrogen (secondary N) is 1. The summed E-state index contributed by atoms with van der Waals surface area (Å²) >= 11 is 0.